The maximum absolute atomic E-state index is 3.45. The molecule has 3 rings (SSSR count). The second kappa shape index (κ2) is 7.28. The standard InChI is InChI=1S/C18H29N3/c1-2-3-4-5-11-20-14-16-7-6-8-18(17(16)15-20)21-12-9-19-10-13-21/h6-8,19H,2-5,9-15H2,1H3. The number of anilines is 1. The Labute approximate surface area is 129 Å². The second-order valence-corrected chi connectivity index (χ2v) is 6.42. The summed E-state index contributed by atoms with van der Waals surface area (Å²) in [7, 11) is 0. The third-order valence-corrected chi connectivity index (χ3v) is 4.81. The minimum atomic E-state index is 1.12. The third kappa shape index (κ3) is 3.58. The summed E-state index contributed by atoms with van der Waals surface area (Å²) in [6.07, 6.45) is 5.44. The summed E-state index contributed by atoms with van der Waals surface area (Å²) in [5.74, 6) is 0. The Hall–Kier alpha value is -1.06. The lowest BCUT2D eigenvalue weighted by Gasteiger charge is -2.31. The fraction of sp³-hybridized carbons (Fsp3) is 0.667. The van der Waals surface area contributed by atoms with Gasteiger partial charge < -0.3 is 10.2 Å². The highest BCUT2D eigenvalue weighted by Crippen LogP contribution is 2.32. The molecule has 0 aliphatic carbocycles. The molecular weight excluding hydrogens is 258 g/mol. The Kier molecular flexibility index (Phi) is 5.15. The number of benzene rings is 1. The van der Waals surface area contributed by atoms with Gasteiger partial charge in [-0.05, 0) is 30.2 Å². The molecule has 0 bridgehead atoms. The highest BCUT2D eigenvalue weighted by Gasteiger charge is 2.23. The molecule has 1 N–H and O–H groups in total. The molecule has 0 amide bonds. The van der Waals surface area contributed by atoms with E-state index in [4.69, 9.17) is 0 Å². The normalized spacial score (nSPS) is 19.0. The molecule has 0 spiro atoms. The molecule has 2 aliphatic heterocycles. The van der Waals surface area contributed by atoms with Gasteiger partial charge in [-0.3, -0.25) is 4.90 Å². The largest absolute Gasteiger partial charge is 0.369 e. The van der Waals surface area contributed by atoms with Crippen molar-refractivity contribution in [3.8, 4) is 0 Å². The van der Waals surface area contributed by atoms with E-state index < -0.39 is 0 Å². The van der Waals surface area contributed by atoms with Gasteiger partial charge in [0, 0.05) is 45.0 Å². The topological polar surface area (TPSA) is 18.5 Å². The highest BCUT2D eigenvalue weighted by molar-refractivity contribution is 5.58. The van der Waals surface area contributed by atoms with Crippen molar-refractivity contribution in [2.24, 2.45) is 0 Å². The van der Waals surface area contributed by atoms with E-state index in [-0.39, 0.29) is 0 Å². The number of rotatable bonds is 6. The van der Waals surface area contributed by atoms with Crippen LogP contribution < -0.4 is 10.2 Å². The molecule has 0 radical (unpaired) electrons. The zero-order valence-corrected chi connectivity index (χ0v) is 13.4. The van der Waals surface area contributed by atoms with Gasteiger partial charge in [0.1, 0.15) is 0 Å². The van der Waals surface area contributed by atoms with E-state index in [2.05, 4.69) is 40.2 Å². The van der Waals surface area contributed by atoms with Crippen molar-refractivity contribution in [1.82, 2.24) is 10.2 Å². The van der Waals surface area contributed by atoms with E-state index >= 15 is 0 Å². The number of hydrogen-bond donors (Lipinski definition) is 1. The molecule has 0 atom stereocenters. The predicted molar refractivity (Wildman–Crippen MR) is 89.8 cm³/mol. The van der Waals surface area contributed by atoms with Crippen LogP contribution in [0.25, 0.3) is 0 Å². The molecule has 3 heteroatoms. The molecule has 0 saturated carbocycles. The number of fused-ring (bicyclic) bond motifs is 1. The molecule has 2 aliphatic rings. The molecule has 1 saturated heterocycles. The summed E-state index contributed by atoms with van der Waals surface area (Å²) in [6.45, 7) is 10.4. The lowest BCUT2D eigenvalue weighted by atomic mass is 10.1. The van der Waals surface area contributed by atoms with Gasteiger partial charge in [0.05, 0.1) is 0 Å². The van der Waals surface area contributed by atoms with Crippen LogP contribution in [0, 0.1) is 0 Å². The smallest absolute Gasteiger partial charge is 0.0416 e. The van der Waals surface area contributed by atoms with E-state index in [1.165, 1.54) is 37.9 Å². The van der Waals surface area contributed by atoms with Crippen LogP contribution in [0.2, 0.25) is 0 Å². The molecule has 1 aromatic carbocycles. The van der Waals surface area contributed by atoms with Gasteiger partial charge in [0.25, 0.3) is 0 Å². The van der Waals surface area contributed by atoms with Gasteiger partial charge in [-0.1, -0.05) is 38.3 Å². The summed E-state index contributed by atoms with van der Waals surface area (Å²) >= 11 is 0. The first-order valence-corrected chi connectivity index (χ1v) is 8.67. The van der Waals surface area contributed by atoms with Crippen LogP contribution in [0.4, 0.5) is 5.69 Å². The first kappa shape index (κ1) is 14.9. The van der Waals surface area contributed by atoms with Gasteiger partial charge in [-0.25, -0.2) is 0 Å². The molecule has 21 heavy (non-hydrogen) atoms. The monoisotopic (exact) mass is 287 g/mol. The SMILES string of the molecule is CCCCCCN1Cc2cccc(N3CCNCC3)c2C1. The van der Waals surface area contributed by atoms with Gasteiger partial charge in [-0.2, -0.15) is 0 Å². The van der Waals surface area contributed by atoms with Crippen LogP contribution in [0.15, 0.2) is 18.2 Å². The minimum absolute atomic E-state index is 1.12. The van der Waals surface area contributed by atoms with Crippen LogP contribution in [0.5, 0.6) is 0 Å². The Morgan fingerprint density at radius 1 is 1.05 bits per heavy atom. The van der Waals surface area contributed by atoms with Crippen LogP contribution in [-0.4, -0.2) is 37.6 Å². The van der Waals surface area contributed by atoms with Crippen molar-refractivity contribution in [3.63, 3.8) is 0 Å². The van der Waals surface area contributed by atoms with Crippen molar-refractivity contribution >= 4 is 5.69 Å². The van der Waals surface area contributed by atoms with E-state index in [0.29, 0.717) is 0 Å². The van der Waals surface area contributed by atoms with Crippen molar-refractivity contribution in [2.75, 3.05) is 37.6 Å². The zero-order valence-electron chi connectivity index (χ0n) is 13.4. The number of unbranched alkanes of at least 4 members (excludes halogenated alkanes) is 3. The number of hydrogen-bond acceptors (Lipinski definition) is 3. The van der Waals surface area contributed by atoms with Gasteiger partial charge >= 0.3 is 0 Å². The van der Waals surface area contributed by atoms with E-state index in [1.807, 2.05) is 0 Å². The fourth-order valence-corrected chi connectivity index (χ4v) is 3.59. The molecule has 2 heterocycles. The van der Waals surface area contributed by atoms with Crippen LogP contribution in [-0.2, 0) is 13.1 Å². The quantitative estimate of drug-likeness (QED) is 0.812. The van der Waals surface area contributed by atoms with E-state index in [0.717, 1.165) is 39.3 Å². The van der Waals surface area contributed by atoms with Gasteiger partial charge in [0.15, 0.2) is 0 Å². The van der Waals surface area contributed by atoms with E-state index in [1.54, 1.807) is 11.1 Å². The first-order chi connectivity index (χ1) is 10.4. The predicted octanol–water partition coefficient (Wildman–Crippen LogP) is 2.99. The molecular formula is C18H29N3. The Balaban J connectivity index is 1.62. The number of nitrogens with zero attached hydrogens (tertiary/aromatic N) is 2. The minimum Gasteiger partial charge on any atom is -0.369 e. The Bertz CT molecular complexity index is 452. The molecule has 0 aromatic heterocycles. The summed E-state index contributed by atoms with van der Waals surface area (Å²) in [4.78, 5) is 5.20. The van der Waals surface area contributed by atoms with Gasteiger partial charge in [-0.15, -0.1) is 0 Å². The Morgan fingerprint density at radius 3 is 2.71 bits per heavy atom. The van der Waals surface area contributed by atoms with Gasteiger partial charge in [0.2, 0.25) is 0 Å². The summed E-state index contributed by atoms with van der Waals surface area (Å²) in [5, 5.41) is 3.45. The van der Waals surface area contributed by atoms with Crippen molar-refractivity contribution in [1.29, 1.82) is 0 Å². The average Bonchev–Trinajstić information content (AvgIpc) is 2.95. The molecule has 1 aromatic rings. The van der Waals surface area contributed by atoms with Crippen LogP contribution >= 0.6 is 0 Å². The van der Waals surface area contributed by atoms with Crippen molar-refractivity contribution in [3.05, 3.63) is 29.3 Å². The molecule has 1 fully saturated rings. The first-order valence-electron chi connectivity index (χ1n) is 8.67. The maximum Gasteiger partial charge on any atom is 0.0416 e. The lowest BCUT2D eigenvalue weighted by molar-refractivity contribution is 0.276. The number of nitrogens with one attached hydrogen (secondary N) is 1. The molecule has 3 nitrogen and oxygen atoms in total. The second-order valence-electron chi connectivity index (χ2n) is 6.42. The van der Waals surface area contributed by atoms with Crippen molar-refractivity contribution < 1.29 is 0 Å². The summed E-state index contributed by atoms with van der Waals surface area (Å²) in [5.41, 5.74) is 4.64. The maximum atomic E-state index is 3.45. The third-order valence-electron chi connectivity index (χ3n) is 4.81. The number of piperazine rings is 1. The zero-order chi connectivity index (χ0) is 14.5. The van der Waals surface area contributed by atoms with Crippen molar-refractivity contribution in [2.45, 2.75) is 45.7 Å². The van der Waals surface area contributed by atoms with Crippen LogP contribution in [0.3, 0.4) is 0 Å². The average molecular weight is 287 g/mol. The molecule has 116 valence electrons. The molecule has 0 unspecified atom stereocenters. The fourth-order valence-electron chi connectivity index (χ4n) is 3.59. The van der Waals surface area contributed by atoms with Crippen LogP contribution in [0.1, 0.15) is 43.7 Å². The summed E-state index contributed by atoms with van der Waals surface area (Å²) in [6, 6.07) is 6.90. The highest BCUT2D eigenvalue weighted by atomic mass is 15.2. The van der Waals surface area contributed by atoms with E-state index in [9.17, 15) is 0 Å². The lowest BCUT2D eigenvalue weighted by Crippen LogP contribution is -2.43. The summed E-state index contributed by atoms with van der Waals surface area (Å²) < 4.78 is 0. The Morgan fingerprint density at radius 2 is 1.90 bits per heavy atom.